The zero-order valence-electron chi connectivity index (χ0n) is 30.7. The number of aliphatic hydroxyl groups is 1. The van der Waals surface area contributed by atoms with E-state index < -0.39 is 61.5 Å². The van der Waals surface area contributed by atoms with E-state index in [9.17, 15) is 29.1 Å². The molecule has 14 nitrogen and oxygen atoms in total. The normalized spacial score (nSPS) is 21.5. The van der Waals surface area contributed by atoms with Crippen molar-refractivity contribution in [3.05, 3.63) is 95.8 Å². The highest BCUT2D eigenvalue weighted by atomic mass is 16.5. The van der Waals surface area contributed by atoms with Crippen LogP contribution >= 0.6 is 0 Å². The second-order valence-corrected chi connectivity index (χ2v) is 14.4. The summed E-state index contributed by atoms with van der Waals surface area (Å²) < 4.78 is 7.71. The van der Waals surface area contributed by atoms with Crippen LogP contribution in [0.15, 0.2) is 79.1 Å². The van der Waals surface area contributed by atoms with Gasteiger partial charge in [0.15, 0.2) is 6.61 Å². The number of likely N-dealkylation sites (tertiary alicyclic amines) is 1. The van der Waals surface area contributed by atoms with E-state index in [0.29, 0.717) is 23.3 Å². The molecule has 0 unspecified atom stereocenters. The predicted molar refractivity (Wildman–Crippen MR) is 200 cm³/mol. The third kappa shape index (κ3) is 9.05. The number of aryl methyl sites for hydroxylation is 1. The lowest BCUT2D eigenvalue weighted by Crippen LogP contribution is -2.56. The average molecular weight is 738 g/mol. The van der Waals surface area contributed by atoms with Crippen LogP contribution < -0.4 is 20.7 Å². The van der Waals surface area contributed by atoms with E-state index in [2.05, 4.69) is 20.9 Å². The summed E-state index contributed by atoms with van der Waals surface area (Å²) in [5.41, 5.74) is 3.62. The molecule has 1 saturated heterocycles. The summed E-state index contributed by atoms with van der Waals surface area (Å²) >= 11 is 0. The van der Waals surface area contributed by atoms with E-state index in [0.717, 1.165) is 16.6 Å². The monoisotopic (exact) mass is 737 g/mol. The van der Waals surface area contributed by atoms with Gasteiger partial charge >= 0.3 is 0 Å². The average Bonchev–Trinajstić information content (AvgIpc) is 3.76. The van der Waals surface area contributed by atoms with E-state index in [-0.39, 0.29) is 43.8 Å². The smallest absolute Gasteiger partial charge is 0.258 e. The van der Waals surface area contributed by atoms with Gasteiger partial charge < -0.3 is 40.2 Å². The summed E-state index contributed by atoms with van der Waals surface area (Å²) in [7, 11) is 1.88. The molecule has 1 fully saturated rings. The highest BCUT2D eigenvalue weighted by Crippen LogP contribution is 2.31. The van der Waals surface area contributed by atoms with Gasteiger partial charge in [-0.25, -0.2) is 4.98 Å². The summed E-state index contributed by atoms with van der Waals surface area (Å²) in [6, 6.07) is 18.9. The first kappa shape index (κ1) is 38.0. The zero-order valence-corrected chi connectivity index (χ0v) is 30.7. The van der Waals surface area contributed by atoms with Gasteiger partial charge in [-0.15, -0.1) is 0 Å². The number of imidazole rings is 1. The SMILES string of the molecule is CC(C)CCN1CC(=O)N[C@@H](Cc2ccccc2)C(=O)N[C@@H]2CN(C(=O)c3ccc4c(c3)ncn4C)C[C@H]2c2cccc(c2)OCC(=O)N[C@@H](CO)C1=O. The van der Waals surface area contributed by atoms with Crippen LogP contribution in [0.1, 0.15) is 47.7 Å². The fourth-order valence-electron chi connectivity index (χ4n) is 6.97. The van der Waals surface area contributed by atoms with Gasteiger partial charge in [0.2, 0.25) is 17.7 Å². The van der Waals surface area contributed by atoms with Crippen molar-refractivity contribution in [3.8, 4) is 5.75 Å². The molecule has 14 heteroatoms. The molecule has 5 amide bonds. The second kappa shape index (κ2) is 16.9. The number of carbonyl (C=O) groups excluding carboxylic acids is 5. The molecule has 4 atom stereocenters. The number of nitrogens with one attached hydrogen (secondary N) is 3. The van der Waals surface area contributed by atoms with Crippen molar-refractivity contribution in [1.29, 1.82) is 0 Å². The van der Waals surface area contributed by atoms with Crippen molar-refractivity contribution in [1.82, 2.24) is 35.3 Å². The molecule has 284 valence electrons. The Balaban J connectivity index is 1.33. The number of amides is 5. The number of nitrogens with zero attached hydrogens (tertiary/aromatic N) is 4. The zero-order chi connectivity index (χ0) is 38.4. The van der Waals surface area contributed by atoms with Crippen LogP contribution in [0.5, 0.6) is 5.75 Å². The Labute approximate surface area is 313 Å². The minimum atomic E-state index is -1.31. The number of aliphatic hydroxyl groups excluding tert-OH is 1. The van der Waals surface area contributed by atoms with Crippen LogP contribution in [-0.4, -0.2) is 112 Å². The van der Waals surface area contributed by atoms with Gasteiger partial charge in [0.1, 0.15) is 17.8 Å². The van der Waals surface area contributed by atoms with Crippen LogP contribution in [0.25, 0.3) is 11.0 Å². The first-order valence-corrected chi connectivity index (χ1v) is 18.2. The Morgan fingerprint density at radius 2 is 1.70 bits per heavy atom. The predicted octanol–water partition coefficient (Wildman–Crippen LogP) is 1.77. The molecule has 1 aromatic heterocycles. The molecule has 2 aliphatic rings. The molecule has 0 saturated carbocycles. The molecule has 0 spiro atoms. The van der Waals surface area contributed by atoms with Crippen molar-refractivity contribution in [3.63, 3.8) is 0 Å². The number of hydrogen-bond acceptors (Lipinski definition) is 8. The fraction of sp³-hybridized carbons (Fsp3) is 0.400. The molecule has 6 rings (SSSR count). The Morgan fingerprint density at radius 1 is 0.926 bits per heavy atom. The lowest BCUT2D eigenvalue weighted by molar-refractivity contribution is -0.141. The Morgan fingerprint density at radius 3 is 2.46 bits per heavy atom. The molecule has 54 heavy (non-hydrogen) atoms. The lowest BCUT2D eigenvalue weighted by atomic mass is 9.93. The first-order valence-electron chi connectivity index (χ1n) is 18.2. The van der Waals surface area contributed by atoms with Crippen LogP contribution in [0.2, 0.25) is 0 Å². The maximum atomic E-state index is 14.3. The Hall–Kier alpha value is -5.76. The number of ether oxygens (including phenoxy) is 1. The largest absolute Gasteiger partial charge is 0.484 e. The third-order valence-electron chi connectivity index (χ3n) is 9.94. The van der Waals surface area contributed by atoms with E-state index in [4.69, 9.17) is 4.74 Å². The number of fused-ring (bicyclic) bond motifs is 5. The van der Waals surface area contributed by atoms with Gasteiger partial charge in [-0.05, 0) is 53.8 Å². The number of rotatable bonds is 7. The number of benzene rings is 3. The van der Waals surface area contributed by atoms with Crippen molar-refractivity contribution < 1.29 is 33.8 Å². The van der Waals surface area contributed by atoms with E-state index in [1.165, 1.54) is 4.90 Å². The first-order chi connectivity index (χ1) is 26.0. The highest BCUT2D eigenvalue weighted by Gasteiger charge is 2.39. The molecule has 3 aromatic carbocycles. The maximum Gasteiger partial charge on any atom is 0.258 e. The van der Waals surface area contributed by atoms with Gasteiger partial charge in [-0.2, -0.15) is 0 Å². The minimum absolute atomic E-state index is 0.168. The summed E-state index contributed by atoms with van der Waals surface area (Å²) in [6.07, 6.45) is 2.42. The number of aromatic nitrogens is 2. The molecule has 2 bridgehead atoms. The van der Waals surface area contributed by atoms with Gasteiger partial charge in [0, 0.05) is 44.6 Å². The van der Waals surface area contributed by atoms with Gasteiger partial charge in [-0.1, -0.05) is 56.3 Å². The van der Waals surface area contributed by atoms with Crippen LogP contribution in [0.3, 0.4) is 0 Å². The molecule has 0 aliphatic carbocycles. The number of hydrogen-bond donors (Lipinski definition) is 4. The van der Waals surface area contributed by atoms with Crippen LogP contribution in [0.4, 0.5) is 0 Å². The Bertz CT molecular complexity index is 2000. The standard InChI is InChI=1S/C40H47N7O7/c1-25(2)14-15-46-21-36(49)42-32(16-26-8-5-4-6-9-26)38(51)44-33-20-47(39(52)28-12-13-35-31(18-28)41-24-45(35)3)19-30(33)27-10-7-11-29(17-27)54-23-37(50)43-34(22-48)40(46)53/h4-13,17-18,24-25,30,32-34,48H,14-16,19-23H2,1-3H3,(H,42,49)(H,43,50)(H,44,51)/t30-,32-,33+,34-/m0/s1. The summed E-state index contributed by atoms with van der Waals surface area (Å²) in [5, 5.41) is 18.7. The van der Waals surface area contributed by atoms with Crippen LogP contribution in [-0.2, 0) is 32.6 Å². The molecule has 3 heterocycles. The van der Waals surface area contributed by atoms with Crippen LogP contribution in [0, 0.1) is 5.92 Å². The van der Waals surface area contributed by atoms with E-state index in [1.807, 2.05) is 67.9 Å². The minimum Gasteiger partial charge on any atom is -0.484 e. The maximum absolute atomic E-state index is 14.3. The number of carbonyl (C=O) groups is 5. The third-order valence-corrected chi connectivity index (χ3v) is 9.94. The molecular weight excluding hydrogens is 690 g/mol. The second-order valence-electron chi connectivity index (χ2n) is 14.4. The highest BCUT2D eigenvalue weighted by molar-refractivity contribution is 5.98. The summed E-state index contributed by atoms with van der Waals surface area (Å²) in [4.78, 5) is 76.0. The van der Waals surface area contributed by atoms with Crippen molar-refractivity contribution in [2.45, 2.75) is 50.7 Å². The molecule has 0 radical (unpaired) electrons. The molecular formula is C40H47N7O7. The fourth-order valence-corrected chi connectivity index (χ4v) is 6.97. The topological polar surface area (TPSA) is 175 Å². The van der Waals surface area contributed by atoms with E-state index in [1.54, 1.807) is 41.6 Å². The van der Waals surface area contributed by atoms with Crippen molar-refractivity contribution >= 4 is 40.6 Å². The quantitative estimate of drug-likeness (QED) is 0.222. The summed E-state index contributed by atoms with van der Waals surface area (Å²) in [5.74, 6) is -2.30. The summed E-state index contributed by atoms with van der Waals surface area (Å²) in [6.45, 7) is 3.09. The van der Waals surface area contributed by atoms with Gasteiger partial charge in [0.05, 0.1) is 36.6 Å². The van der Waals surface area contributed by atoms with E-state index >= 15 is 0 Å². The van der Waals surface area contributed by atoms with Crippen molar-refractivity contribution in [2.75, 3.05) is 39.4 Å². The molecule has 2 aliphatic heterocycles. The van der Waals surface area contributed by atoms with Gasteiger partial charge in [0.25, 0.3) is 11.8 Å². The van der Waals surface area contributed by atoms with Crippen molar-refractivity contribution in [2.24, 2.45) is 13.0 Å². The lowest BCUT2D eigenvalue weighted by Gasteiger charge is -2.29. The van der Waals surface area contributed by atoms with Gasteiger partial charge in [-0.3, -0.25) is 24.0 Å². The Kier molecular flexibility index (Phi) is 11.9. The molecule has 4 N–H and O–H groups in total. The molecule has 4 aromatic rings.